The van der Waals surface area contributed by atoms with Crippen LogP contribution in [0.1, 0.15) is 18.3 Å². The molecule has 1 unspecified atom stereocenters. The highest BCUT2D eigenvalue weighted by atomic mass is 32.2. The Bertz CT molecular complexity index is 190. The summed E-state index contributed by atoms with van der Waals surface area (Å²) in [4.78, 5) is 3.86. The smallest absolute Gasteiger partial charge is 0.213 e. The molecule has 1 heterocycles. The maximum absolute atomic E-state index is 5.73. The second kappa shape index (κ2) is 4.35. The number of hydrogen-bond donors (Lipinski definition) is 1. The first-order valence-electron chi connectivity index (χ1n) is 3.35. The van der Waals surface area contributed by atoms with Gasteiger partial charge in [-0.25, -0.2) is 0 Å². The largest absolute Gasteiger partial charge is 0.343 e. The molecule has 1 atom stereocenters. The molecule has 5 heteroatoms. The summed E-state index contributed by atoms with van der Waals surface area (Å²) in [6.45, 7) is 0. The van der Waals surface area contributed by atoms with Gasteiger partial charge in [0.1, 0.15) is 0 Å². The summed E-state index contributed by atoms with van der Waals surface area (Å²) in [6.07, 6.45) is 4.23. The van der Waals surface area contributed by atoms with Crippen molar-refractivity contribution in [3.05, 3.63) is 12.2 Å². The lowest BCUT2D eigenvalue weighted by molar-refractivity contribution is 0.403. The van der Waals surface area contributed by atoms with E-state index in [1.54, 1.807) is 11.8 Å². The third-order valence-corrected chi connectivity index (χ3v) is 1.99. The summed E-state index contributed by atoms with van der Waals surface area (Å²) >= 11 is 1.76. The molecule has 0 aromatic carbocycles. The van der Waals surface area contributed by atoms with E-state index in [0.29, 0.717) is 5.82 Å². The molecule has 0 saturated heterocycles. The highest BCUT2D eigenvalue weighted by molar-refractivity contribution is 7.98. The Hall–Kier alpha value is -0.550. The van der Waals surface area contributed by atoms with Crippen molar-refractivity contribution >= 4 is 11.8 Å². The summed E-state index contributed by atoms with van der Waals surface area (Å²) in [7, 11) is 0. The Kier molecular flexibility index (Phi) is 3.38. The lowest BCUT2D eigenvalue weighted by Crippen LogP contribution is -2.12. The Morgan fingerprint density at radius 3 is 3.18 bits per heavy atom. The SMILES string of the molecule is CSCCC(N)c1ncon1. The molecule has 0 radical (unpaired) electrons. The van der Waals surface area contributed by atoms with E-state index in [1.165, 1.54) is 6.39 Å². The molecule has 0 aliphatic carbocycles. The Morgan fingerprint density at radius 2 is 2.64 bits per heavy atom. The predicted octanol–water partition coefficient (Wildman–Crippen LogP) is 0.823. The van der Waals surface area contributed by atoms with Gasteiger partial charge >= 0.3 is 0 Å². The van der Waals surface area contributed by atoms with E-state index in [-0.39, 0.29) is 6.04 Å². The molecule has 0 aliphatic rings. The van der Waals surface area contributed by atoms with Crippen molar-refractivity contribution in [3.8, 4) is 0 Å². The first kappa shape index (κ1) is 8.55. The van der Waals surface area contributed by atoms with Crippen molar-refractivity contribution < 1.29 is 4.52 Å². The van der Waals surface area contributed by atoms with Crippen molar-refractivity contribution in [2.45, 2.75) is 12.5 Å². The van der Waals surface area contributed by atoms with E-state index in [9.17, 15) is 0 Å². The number of nitrogens with two attached hydrogens (primary N) is 1. The van der Waals surface area contributed by atoms with Gasteiger partial charge in [-0.2, -0.15) is 16.7 Å². The van der Waals surface area contributed by atoms with Crippen LogP contribution >= 0.6 is 11.8 Å². The minimum absolute atomic E-state index is 0.0822. The average Bonchev–Trinajstić information content (AvgIpc) is 2.52. The van der Waals surface area contributed by atoms with Crippen molar-refractivity contribution in [2.75, 3.05) is 12.0 Å². The van der Waals surface area contributed by atoms with Crippen molar-refractivity contribution in [1.29, 1.82) is 0 Å². The highest BCUT2D eigenvalue weighted by Crippen LogP contribution is 2.10. The van der Waals surface area contributed by atoms with Gasteiger partial charge in [0.25, 0.3) is 0 Å². The maximum atomic E-state index is 5.73. The minimum atomic E-state index is -0.0822. The molecule has 0 aliphatic heterocycles. The predicted molar refractivity (Wildman–Crippen MR) is 44.2 cm³/mol. The van der Waals surface area contributed by atoms with Crippen molar-refractivity contribution in [3.63, 3.8) is 0 Å². The fourth-order valence-corrected chi connectivity index (χ4v) is 1.21. The van der Waals surface area contributed by atoms with E-state index < -0.39 is 0 Å². The van der Waals surface area contributed by atoms with Gasteiger partial charge in [0.15, 0.2) is 5.82 Å². The van der Waals surface area contributed by atoms with E-state index in [1.807, 2.05) is 6.26 Å². The van der Waals surface area contributed by atoms with Crippen LogP contribution in [0, 0.1) is 0 Å². The third kappa shape index (κ3) is 2.51. The molecular formula is C6H11N3OS. The Morgan fingerprint density at radius 1 is 1.82 bits per heavy atom. The first-order chi connectivity index (χ1) is 5.34. The number of rotatable bonds is 4. The van der Waals surface area contributed by atoms with Crippen LogP contribution < -0.4 is 5.73 Å². The van der Waals surface area contributed by atoms with Gasteiger partial charge in [0.05, 0.1) is 6.04 Å². The molecule has 1 rings (SSSR count). The lowest BCUT2D eigenvalue weighted by atomic mass is 10.2. The van der Waals surface area contributed by atoms with Gasteiger partial charge in [0, 0.05) is 0 Å². The summed E-state index contributed by atoms with van der Waals surface area (Å²) in [5.74, 6) is 1.62. The summed E-state index contributed by atoms with van der Waals surface area (Å²) in [6, 6.07) is -0.0822. The second-order valence-electron chi connectivity index (χ2n) is 2.18. The second-order valence-corrected chi connectivity index (χ2v) is 3.16. The van der Waals surface area contributed by atoms with Gasteiger partial charge in [-0.15, -0.1) is 0 Å². The highest BCUT2D eigenvalue weighted by Gasteiger charge is 2.09. The van der Waals surface area contributed by atoms with Crippen LogP contribution in [0.15, 0.2) is 10.9 Å². The van der Waals surface area contributed by atoms with Gasteiger partial charge in [-0.05, 0) is 18.4 Å². The summed E-state index contributed by atoms with van der Waals surface area (Å²) < 4.78 is 4.57. The standard InChI is InChI=1S/C6H11N3OS/c1-11-3-2-5(7)6-8-4-10-9-6/h4-5H,2-3,7H2,1H3. The first-order valence-corrected chi connectivity index (χ1v) is 4.74. The average molecular weight is 173 g/mol. The topological polar surface area (TPSA) is 64.9 Å². The normalized spacial score (nSPS) is 13.3. The van der Waals surface area contributed by atoms with E-state index >= 15 is 0 Å². The molecule has 0 fully saturated rings. The van der Waals surface area contributed by atoms with Crippen LogP contribution in [-0.4, -0.2) is 22.1 Å². The molecule has 4 nitrogen and oxygen atoms in total. The van der Waals surface area contributed by atoms with Gasteiger partial charge in [-0.1, -0.05) is 5.16 Å². The van der Waals surface area contributed by atoms with Crippen LogP contribution in [-0.2, 0) is 0 Å². The van der Waals surface area contributed by atoms with Crippen LogP contribution in [0.4, 0.5) is 0 Å². The van der Waals surface area contributed by atoms with E-state index in [2.05, 4.69) is 14.7 Å². The van der Waals surface area contributed by atoms with Crippen LogP contribution in [0.2, 0.25) is 0 Å². The zero-order valence-corrected chi connectivity index (χ0v) is 7.17. The maximum Gasteiger partial charge on any atom is 0.213 e. The molecular weight excluding hydrogens is 162 g/mol. The molecule has 1 aromatic rings. The minimum Gasteiger partial charge on any atom is -0.343 e. The Balaban J connectivity index is 2.36. The number of aromatic nitrogens is 2. The third-order valence-electron chi connectivity index (χ3n) is 1.34. The molecule has 11 heavy (non-hydrogen) atoms. The van der Waals surface area contributed by atoms with E-state index in [0.717, 1.165) is 12.2 Å². The number of nitrogens with zero attached hydrogens (tertiary/aromatic N) is 2. The quantitative estimate of drug-likeness (QED) is 0.730. The Labute approximate surface area is 69.5 Å². The van der Waals surface area contributed by atoms with Gasteiger partial charge < -0.3 is 10.3 Å². The van der Waals surface area contributed by atoms with Crippen molar-refractivity contribution in [1.82, 2.24) is 10.1 Å². The summed E-state index contributed by atoms with van der Waals surface area (Å²) in [5.41, 5.74) is 5.73. The van der Waals surface area contributed by atoms with Crippen LogP contribution in [0.3, 0.4) is 0 Å². The molecule has 1 aromatic heterocycles. The van der Waals surface area contributed by atoms with Crippen LogP contribution in [0.5, 0.6) is 0 Å². The zero-order valence-electron chi connectivity index (χ0n) is 6.36. The van der Waals surface area contributed by atoms with E-state index in [4.69, 9.17) is 5.73 Å². The monoisotopic (exact) mass is 173 g/mol. The molecule has 0 bridgehead atoms. The fraction of sp³-hybridized carbons (Fsp3) is 0.667. The molecule has 2 N–H and O–H groups in total. The zero-order chi connectivity index (χ0) is 8.10. The lowest BCUT2D eigenvalue weighted by Gasteiger charge is -2.03. The number of thioether (sulfide) groups is 1. The van der Waals surface area contributed by atoms with Crippen LogP contribution in [0.25, 0.3) is 0 Å². The molecule has 0 amide bonds. The molecule has 0 spiro atoms. The van der Waals surface area contributed by atoms with Gasteiger partial charge in [-0.3, -0.25) is 0 Å². The molecule has 0 saturated carbocycles. The van der Waals surface area contributed by atoms with Crippen molar-refractivity contribution in [2.24, 2.45) is 5.73 Å². The molecule has 62 valence electrons. The number of hydrogen-bond acceptors (Lipinski definition) is 5. The van der Waals surface area contributed by atoms with Gasteiger partial charge in [0.2, 0.25) is 6.39 Å². The fourth-order valence-electron chi connectivity index (χ4n) is 0.716. The summed E-state index contributed by atoms with van der Waals surface area (Å²) in [5, 5.41) is 3.65.